The maximum absolute atomic E-state index is 13.1. The minimum Gasteiger partial charge on any atom is -0.394 e. The van der Waals surface area contributed by atoms with Gasteiger partial charge in [-0.15, -0.1) is 0 Å². The number of nitrogens with two attached hydrogens (primary N) is 1. The van der Waals surface area contributed by atoms with Crippen LogP contribution in [0.2, 0.25) is 0 Å². The maximum Gasteiger partial charge on any atom is 0.204 e. The number of nitrogen functional groups attached to an aromatic ring is 1. The summed E-state index contributed by atoms with van der Waals surface area (Å²) in [7, 11) is 0. The number of pyridine rings is 1. The molecule has 0 atom stereocenters. The van der Waals surface area contributed by atoms with Gasteiger partial charge in [-0.3, -0.25) is 4.79 Å². The highest BCUT2D eigenvalue weighted by atomic mass is 79.9. The molecule has 2 aromatic rings. The van der Waals surface area contributed by atoms with Gasteiger partial charge in [0.2, 0.25) is 5.43 Å². The van der Waals surface area contributed by atoms with Gasteiger partial charge in [-0.2, -0.15) is 0 Å². The van der Waals surface area contributed by atoms with E-state index < -0.39 is 0 Å². The summed E-state index contributed by atoms with van der Waals surface area (Å²) in [6.07, 6.45) is 3.16. The van der Waals surface area contributed by atoms with E-state index in [0.29, 0.717) is 6.54 Å². The summed E-state index contributed by atoms with van der Waals surface area (Å²) in [5.41, 5.74) is 6.28. The maximum atomic E-state index is 13.1. The zero-order valence-electron chi connectivity index (χ0n) is 8.86. The van der Waals surface area contributed by atoms with E-state index >= 15 is 0 Å². The van der Waals surface area contributed by atoms with Gasteiger partial charge in [0.1, 0.15) is 5.82 Å². The molecule has 0 bridgehead atoms. The number of hydrogen-bond acceptors (Lipinski definition) is 2. The fourth-order valence-electron chi connectivity index (χ4n) is 1.50. The van der Waals surface area contributed by atoms with E-state index in [1.807, 2.05) is 0 Å². The molecule has 0 amide bonds. The molecule has 1 heterocycles. The molecule has 17 heavy (non-hydrogen) atoms. The van der Waals surface area contributed by atoms with Crippen LogP contribution < -0.4 is 11.2 Å². The number of hydrogen-bond donors (Lipinski definition) is 1. The average Bonchev–Trinajstić information content (AvgIpc) is 2.29. The van der Waals surface area contributed by atoms with Gasteiger partial charge in [-0.05, 0) is 23.8 Å². The zero-order chi connectivity index (χ0) is 12.4. The van der Waals surface area contributed by atoms with Crippen molar-refractivity contribution < 1.29 is 4.39 Å². The van der Waals surface area contributed by atoms with Crippen molar-refractivity contribution in [2.75, 3.05) is 5.73 Å². The minimum absolute atomic E-state index is 0.181. The summed E-state index contributed by atoms with van der Waals surface area (Å²) in [5.74, 6) is -0.294. The highest BCUT2D eigenvalue weighted by Crippen LogP contribution is 2.18. The smallest absolute Gasteiger partial charge is 0.204 e. The van der Waals surface area contributed by atoms with Crippen molar-refractivity contribution in [3.63, 3.8) is 0 Å². The fourth-order valence-corrected chi connectivity index (χ4v) is 1.88. The fraction of sp³-hybridized carbons (Fsp3) is 0.0833. The highest BCUT2D eigenvalue weighted by Gasteiger charge is 2.03. The molecule has 0 fully saturated rings. The predicted octanol–water partition coefficient (Wildman–Crippen LogP) is 2.38. The Labute approximate surface area is 106 Å². The molecule has 1 aromatic carbocycles. The van der Waals surface area contributed by atoms with Crippen LogP contribution in [0.15, 0.2) is 45.9 Å². The molecule has 0 aliphatic heterocycles. The van der Waals surface area contributed by atoms with Gasteiger partial charge in [0.25, 0.3) is 0 Å². The standard InChI is InChI=1S/C12H10BrFN2O/c13-10-2-1-9(14)5-8(10)6-16-4-3-12(17)11(15)7-16/h1-5,7H,6,15H2. The Bertz CT molecular complexity index is 610. The van der Waals surface area contributed by atoms with Crippen molar-refractivity contribution in [1.29, 1.82) is 0 Å². The molecular formula is C12H10BrFN2O. The number of benzene rings is 1. The lowest BCUT2D eigenvalue weighted by Crippen LogP contribution is -2.11. The monoisotopic (exact) mass is 296 g/mol. The molecule has 88 valence electrons. The van der Waals surface area contributed by atoms with Crippen molar-refractivity contribution in [2.24, 2.45) is 0 Å². The van der Waals surface area contributed by atoms with E-state index in [1.54, 1.807) is 23.0 Å². The van der Waals surface area contributed by atoms with Crippen LogP contribution in [0.4, 0.5) is 10.1 Å². The lowest BCUT2D eigenvalue weighted by atomic mass is 10.2. The zero-order valence-corrected chi connectivity index (χ0v) is 10.4. The van der Waals surface area contributed by atoms with Crippen LogP contribution in [0.1, 0.15) is 5.56 Å². The first-order valence-electron chi connectivity index (χ1n) is 4.96. The third-order valence-electron chi connectivity index (χ3n) is 2.37. The summed E-state index contributed by atoms with van der Waals surface area (Å²) in [5, 5.41) is 0. The Morgan fingerprint density at radius 2 is 2.12 bits per heavy atom. The molecule has 0 aliphatic carbocycles. The molecule has 0 spiro atoms. The molecular weight excluding hydrogens is 287 g/mol. The second-order valence-electron chi connectivity index (χ2n) is 3.67. The first-order chi connectivity index (χ1) is 8.06. The summed E-state index contributed by atoms with van der Waals surface area (Å²) in [6, 6.07) is 5.87. The molecule has 0 saturated heterocycles. The van der Waals surface area contributed by atoms with Crippen molar-refractivity contribution in [1.82, 2.24) is 4.57 Å². The number of anilines is 1. The van der Waals surface area contributed by atoms with Crippen LogP contribution in [0.3, 0.4) is 0 Å². The van der Waals surface area contributed by atoms with E-state index in [2.05, 4.69) is 15.9 Å². The SMILES string of the molecule is Nc1cn(Cc2cc(F)ccc2Br)ccc1=O. The number of halogens is 2. The van der Waals surface area contributed by atoms with Crippen LogP contribution in [-0.4, -0.2) is 4.57 Å². The van der Waals surface area contributed by atoms with E-state index in [1.165, 1.54) is 18.2 Å². The summed E-state index contributed by atoms with van der Waals surface area (Å²) in [4.78, 5) is 11.1. The van der Waals surface area contributed by atoms with E-state index in [9.17, 15) is 9.18 Å². The largest absolute Gasteiger partial charge is 0.394 e. The van der Waals surface area contributed by atoms with Gasteiger partial charge in [0.05, 0.1) is 5.69 Å². The average molecular weight is 297 g/mol. The third-order valence-corrected chi connectivity index (χ3v) is 3.14. The number of rotatable bonds is 2. The topological polar surface area (TPSA) is 48.0 Å². The second kappa shape index (κ2) is 4.71. The lowest BCUT2D eigenvalue weighted by molar-refractivity contribution is 0.623. The molecule has 3 nitrogen and oxygen atoms in total. The molecule has 2 rings (SSSR count). The van der Waals surface area contributed by atoms with Crippen LogP contribution in [0.5, 0.6) is 0 Å². The van der Waals surface area contributed by atoms with Crippen LogP contribution in [0, 0.1) is 5.82 Å². The molecule has 0 radical (unpaired) electrons. The van der Waals surface area contributed by atoms with E-state index in [-0.39, 0.29) is 16.9 Å². The van der Waals surface area contributed by atoms with Gasteiger partial charge < -0.3 is 10.3 Å². The van der Waals surface area contributed by atoms with Crippen LogP contribution >= 0.6 is 15.9 Å². The molecule has 1 aromatic heterocycles. The Morgan fingerprint density at radius 1 is 1.35 bits per heavy atom. The van der Waals surface area contributed by atoms with Gasteiger partial charge in [0.15, 0.2) is 0 Å². The predicted molar refractivity (Wildman–Crippen MR) is 68.3 cm³/mol. The van der Waals surface area contributed by atoms with Crippen molar-refractivity contribution >= 4 is 21.6 Å². The molecule has 0 saturated carbocycles. The molecule has 5 heteroatoms. The summed E-state index contributed by atoms with van der Waals surface area (Å²) < 4.78 is 15.6. The van der Waals surface area contributed by atoms with E-state index in [4.69, 9.17) is 5.73 Å². The van der Waals surface area contributed by atoms with Gasteiger partial charge in [-0.25, -0.2) is 4.39 Å². The first-order valence-corrected chi connectivity index (χ1v) is 5.75. The molecule has 0 aliphatic rings. The molecule has 0 unspecified atom stereocenters. The van der Waals surface area contributed by atoms with Gasteiger partial charge >= 0.3 is 0 Å². The quantitative estimate of drug-likeness (QED) is 0.925. The lowest BCUT2D eigenvalue weighted by Gasteiger charge is -2.09. The Hall–Kier alpha value is -1.62. The minimum atomic E-state index is -0.294. The third kappa shape index (κ3) is 2.74. The summed E-state index contributed by atoms with van der Waals surface area (Å²) >= 11 is 3.35. The van der Waals surface area contributed by atoms with Gasteiger partial charge in [-0.1, -0.05) is 15.9 Å². The Morgan fingerprint density at radius 3 is 2.82 bits per heavy atom. The van der Waals surface area contributed by atoms with Crippen molar-refractivity contribution in [2.45, 2.75) is 6.54 Å². The second-order valence-corrected chi connectivity index (χ2v) is 4.53. The first kappa shape index (κ1) is 11.9. The van der Waals surface area contributed by atoms with Gasteiger partial charge in [0, 0.05) is 29.5 Å². The summed E-state index contributed by atoms with van der Waals surface area (Å²) in [6.45, 7) is 0.447. The van der Waals surface area contributed by atoms with E-state index in [0.717, 1.165) is 10.0 Å². The molecule has 2 N–H and O–H groups in total. The normalized spacial score (nSPS) is 10.5. The Kier molecular flexibility index (Phi) is 3.28. The number of aromatic nitrogens is 1. The van der Waals surface area contributed by atoms with Crippen LogP contribution in [0.25, 0.3) is 0 Å². The van der Waals surface area contributed by atoms with Crippen LogP contribution in [-0.2, 0) is 6.54 Å². The Balaban J connectivity index is 2.34. The van der Waals surface area contributed by atoms with Crippen molar-refractivity contribution in [3.05, 3.63) is 62.7 Å². The number of nitrogens with zero attached hydrogens (tertiary/aromatic N) is 1. The highest BCUT2D eigenvalue weighted by molar-refractivity contribution is 9.10. The van der Waals surface area contributed by atoms with Crippen molar-refractivity contribution in [3.8, 4) is 0 Å².